The SMILES string of the molecule is CCCCc1cc(C)cc(C)c1OC. The zero-order chi connectivity index (χ0) is 10.6. The van der Waals surface area contributed by atoms with E-state index in [0.717, 1.165) is 12.2 Å². The van der Waals surface area contributed by atoms with Crippen LogP contribution in [0.3, 0.4) is 0 Å². The van der Waals surface area contributed by atoms with Gasteiger partial charge in [-0.3, -0.25) is 0 Å². The van der Waals surface area contributed by atoms with Crippen LogP contribution in [0.5, 0.6) is 5.75 Å². The molecule has 0 aliphatic rings. The van der Waals surface area contributed by atoms with E-state index in [-0.39, 0.29) is 0 Å². The third-order valence-corrected chi connectivity index (χ3v) is 2.50. The Hall–Kier alpha value is -0.980. The predicted molar refractivity (Wildman–Crippen MR) is 61.1 cm³/mol. The summed E-state index contributed by atoms with van der Waals surface area (Å²) in [6.07, 6.45) is 3.59. The summed E-state index contributed by atoms with van der Waals surface area (Å²) < 4.78 is 5.43. The van der Waals surface area contributed by atoms with Crippen molar-refractivity contribution in [1.29, 1.82) is 0 Å². The molecule has 0 unspecified atom stereocenters. The number of methoxy groups -OCH3 is 1. The van der Waals surface area contributed by atoms with Crippen molar-refractivity contribution < 1.29 is 4.74 Å². The second kappa shape index (κ2) is 5.04. The van der Waals surface area contributed by atoms with Crippen LogP contribution < -0.4 is 4.74 Å². The summed E-state index contributed by atoms with van der Waals surface area (Å²) in [5.41, 5.74) is 3.93. The Bertz CT molecular complexity index is 302. The Morgan fingerprint density at radius 3 is 2.50 bits per heavy atom. The van der Waals surface area contributed by atoms with Crippen LogP contribution in [-0.2, 0) is 6.42 Å². The first kappa shape index (κ1) is 11.1. The highest BCUT2D eigenvalue weighted by molar-refractivity contribution is 5.43. The molecule has 78 valence electrons. The van der Waals surface area contributed by atoms with Crippen molar-refractivity contribution in [1.82, 2.24) is 0 Å². The average Bonchev–Trinajstić information content (AvgIpc) is 2.14. The fourth-order valence-electron chi connectivity index (χ4n) is 1.89. The Kier molecular flexibility index (Phi) is 3.99. The molecule has 0 saturated heterocycles. The molecule has 1 heteroatoms. The monoisotopic (exact) mass is 192 g/mol. The van der Waals surface area contributed by atoms with Crippen molar-refractivity contribution in [3.05, 3.63) is 28.8 Å². The van der Waals surface area contributed by atoms with Gasteiger partial charge >= 0.3 is 0 Å². The van der Waals surface area contributed by atoms with Crippen molar-refractivity contribution in [2.75, 3.05) is 7.11 Å². The summed E-state index contributed by atoms with van der Waals surface area (Å²) in [6, 6.07) is 4.41. The van der Waals surface area contributed by atoms with E-state index < -0.39 is 0 Å². The van der Waals surface area contributed by atoms with Gasteiger partial charge in [0, 0.05) is 0 Å². The Morgan fingerprint density at radius 1 is 1.21 bits per heavy atom. The van der Waals surface area contributed by atoms with Crippen molar-refractivity contribution in [2.24, 2.45) is 0 Å². The molecule has 0 fully saturated rings. The van der Waals surface area contributed by atoms with Gasteiger partial charge in [0.1, 0.15) is 5.75 Å². The maximum atomic E-state index is 5.43. The van der Waals surface area contributed by atoms with Crippen LogP contribution in [0.4, 0.5) is 0 Å². The molecule has 0 bridgehead atoms. The van der Waals surface area contributed by atoms with Crippen molar-refractivity contribution in [2.45, 2.75) is 40.0 Å². The predicted octanol–water partition coefficient (Wildman–Crippen LogP) is 3.65. The van der Waals surface area contributed by atoms with E-state index >= 15 is 0 Å². The molecule has 0 aromatic heterocycles. The number of benzene rings is 1. The highest BCUT2D eigenvalue weighted by atomic mass is 16.5. The summed E-state index contributed by atoms with van der Waals surface area (Å²) >= 11 is 0. The lowest BCUT2D eigenvalue weighted by Crippen LogP contribution is -1.96. The van der Waals surface area contributed by atoms with E-state index in [1.165, 1.54) is 29.5 Å². The van der Waals surface area contributed by atoms with Gasteiger partial charge in [0.2, 0.25) is 0 Å². The van der Waals surface area contributed by atoms with E-state index in [9.17, 15) is 0 Å². The topological polar surface area (TPSA) is 9.23 Å². The molecule has 0 aliphatic heterocycles. The van der Waals surface area contributed by atoms with Crippen LogP contribution in [0.25, 0.3) is 0 Å². The lowest BCUT2D eigenvalue weighted by atomic mass is 10.0. The van der Waals surface area contributed by atoms with Gasteiger partial charge in [-0.05, 0) is 37.8 Å². The number of unbranched alkanes of at least 4 members (excludes halogenated alkanes) is 1. The molecule has 1 aromatic carbocycles. The number of hydrogen-bond donors (Lipinski definition) is 0. The summed E-state index contributed by atoms with van der Waals surface area (Å²) in [5.74, 6) is 1.07. The maximum Gasteiger partial charge on any atom is 0.124 e. The van der Waals surface area contributed by atoms with E-state index in [2.05, 4.69) is 32.9 Å². The molecule has 0 aliphatic carbocycles. The third-order valence-electron chi connectivity index (χ3n) is 2.50. The summed E-state index contributed by atoms with van der Waals surface area (Å²) in [5, 5.41) is 0. The van der Waals surface area contributed by atoms with Crippen molar-refractivity contribution >= 4 is 0 Å². The Labute approximate surface area is 87.1 Å². The fourth-order valence-corrected chi connectivity index (χ4v) is 1.89. The third kappa shape index (κ3) is 2.50. The molecular weight excluding hydrogens is 172 g/mol. The van der Waals surface area contributed by atoms with Gasteiger partial charge in [-0.1, -0.05) is 31.0 Å². The number of rotatable bonds is 4. The molecule has 0 saturated carbocycles. The lowest BCUT2D eigenvalue weighted by molar-refractivity contribution is 0.406. The van der Waals surface area contributed by atoms with Gasteiger partial charge in [-0.25, -0.2) is 0 Å². The highest BCUT2D eigenvalue weighted by Crippen LogP contribution is 2.26. The number of ether oxygens (including phenoxy) is 1. The van der Waals surface area contributed by atoms with E-state index in [1.807, 2.05) is 0 Å². The minimum atomic E-state index is 1.07. The van der Waals surface area contributed by atoms with Gasteiger partial charge in [0.05, 0.1) is 7.11 Å². The first-order chi connectivity index (χ1) is 6.69. The maximum absolute atomic E-state index is 5.43. The Balaban J connectivity index is 2.99. The first-order valence-corrected chi connectivity index (χ1v) is 5.33. The van der Waals surface area contributed by atoms with Crippen LogP contribution >= 0.6 is 0 Å². The molecule has 0 atom stereocenters. The summed E-state index contributed by atoms with van der Waals surface area (Å²) in [4.78, 5) is 0. The molecule has 0 spiro atoms. The van der Waals surface area contributed by atoms with Gasteiger partial charge in [0.15, 0.2) is 0 Å². The van der Waals surface area contributed by atoms with Crippen LogP contribution in [0.1, 0.15) is 36.5 Å². The fraction of sp³-hybridized carbons (Fsp3) is 0.538. The second-order valence-corrected chi connectivity index (χ2v) is 3.88. The molecule has 14 heavy (non-hydrogen) atoms. The Morgan fingerprint density at radius 2 is 1.93 bits per heavy atom. The highest BCUT2D eigenvalue weighted by Gasteiger charge is 2.06. The quantitative estimate of drug-likeness (QED) is 0.707. The molecule has 1 rings (SSSR count). The van der Waals surface area contributed by atoms with Gasteiger partial charge in [-0.2, -0.15) is 0 Å². The van der Waals surface area contributed by atoms with Gasteiger partial charge < -0.3 is 4.74 Å². The van der Waals surface area contributed by atoms with E-state index in [1.54, 1.807) is 7.11 Å². The normalized spacial score (nSPS) is 10.3. The lowest BCUT2D eigenvalue weighted by Gasteiger charge is -2.12. The van der Waals surface area contributed by atoms with Gasteiger partial charge in [-0.15, -0.1) is 0 Å². The van der Waals surface area contributed by atoms with Crippen LogP contribution in [0, 0.1) is 13.8 Å². The van der Waals surface area contributed by atoms with Gasteiger partial charge in [0.25, 0.3) is 0 Å². The molecular formula is C13H20O. The van der Waals surface area contributed by atoms with Crippen LogP contribution in [-0.4, -0.2) is 7.11 Å². The van der Waals surface area contributed by atoms with Crippen LogP contribution in [0.2, 0.25) is 0 Å². The molecule has 1 nitrogen and oxygen atoms in total. The zero-order valence-corrected chi connectivity index (χ0v) is 9.68. The molecule has 0 N–H and O–H groups in total. The minimum absolute atomic E-state index is 1.07. The average molecular weight is 192 g/mol. The van der Waals surface area contributed by atoms with Crippen molar-refractivity contribution in [3.8, 4) is 5.75 Å². The standard InChI is InChI=1S/C13H20O/c1-5-6-7-12-9-10(2)8-11(3)13(12)14-4/h8-9H,5-7H2,1-4H3. The molecule has 0 radical (unpaired) electrons. The minimum Gasteiger partial charge on any atom is -0.496 e. The van der Waals surface area contributed by atoms with E-state index in [4.69, 9.17) is 4.74 Å². The number of hydrogen-bond acceptors (Lipinski definition) is 1. The number of aryl methyl sites for hydroxylation is 3. The zero-order valence-electron chi connectivity index (χ0n) is 9.68. The second-order valence-electron chi connectivity index (χ2n) is 3.88. The largest absolute Gasteiger partial charge is 0.496 e. The van der Waals surface area contributed by atoms with Crippen LogP contribution in [0.15, 0.2) is 12.1 Å². The van der Waals surface area contributed by atoms with Crippen molar-refractivity contribution in [3.63, 3.8) is 0 Å². The summed E-state index contributed by atoms with van der Waals surface area (Å²) in [6.45, 7) is 6.47. The molecule has 0 amide bonds. The first-order valence-electron chi connectivity index (χ1n) is 5.33. The molecule has 1 aromatic rings. The molecule has 0 heterocycles. The smallest absolute Gasteiger partial charge is 0.124 e. The summed E-state index contributed by atoms with van der Waals surface area (Å²) in [7, 11) is 1.76. The van der Waals surface area contributed by atoms with E-state index in [0.29, 0.717) is 0 Å².